The molecule has 108 heavy (non-hydrogen) atoms. The highest BCUT2D eigenvalue weighted by atomic mass is 16.6. The van der Waals surface area contributed by atoms with Gasteiger partial charge in [-0.15, -0.1) is 0 Å². The van der Waals surface area contributed by atoms with Gasteiger partial charge in [-0.25, -0.2) is 44.3 Å². The van der Waals surface area contributed by atoms with Gasteiger partial charge in [-0.1, -0.05) is 18.2 Å². The second kappa shape index (κ2) is 34.0. The lowest BCUT2D eigenvalue weighted by molar-refractivity contribution is 0.0302. The summed E-state index contributed by atoms with van der Waals surface area (Å²) in [7, 11) is 1.69. The summed E-state index contributed by atoms with van der Waals surface area (Å²) < 4.78 is 23.9. The molecule has 0 saturated carbocycles. The maximum Gasteiger partial charge on any atom is 0.413 e. The van der Waals surface area contributed by atoms with E-state index in [4.69, 9.17) is 23.9 Å². The van der Waals surface area contributed by atoms with Gasteiger partial charge in [0, 0.05) is 130 Å². The van der Waals surface area contributed by atoms with Gasteiger partial charge in [0.05, 0.1) is 102 Å². The third kappa shape index (κ3) is 17.7. The number of amides is 6. The number of carbonyl (C=O) groups excluding carboxylic acids is 5. The number of fused-ring (bicyclic) bond motifs is 3. The lowest BCUT2D eigenvalue weighted by Gasteiger charge is -2.26. The zero-order valence-corrected chi connectivity index (χ0v) is 59.6. The van der Waals surface area contributed by atoms with E-state index in [0.717, 1.165) is 83.3 Å². The zero-order chi connectivity index (χ0) is 75.0. The van der Waals surface area contributed by atoms with Crippen molar-refractivity contribution in [2.45, 2.75) is 40.3 Å². The predicted molar refractivity (Wildman–Crippen MR) is 404 cm³/mol. The number of H-pyrrole nitrogens is 3. The van der Waals surface area contributed by atoms with E-state index in [9.17, 15) is 28.8 Å². The molecular formula is C76H76N22O10. The third-order valence-electron chi connectivity index (χ3n) is 17.3. The fraction of sp³-hybridized carbons (Fsp3) is 0.237. The van der Waals surface area contributed by atoms with Gasteiger partial charge in [0.15, 0.2) is 5.82 Å². The van der Waals surface area contributed by atoms with Crippen LogP contribution in [0.2, 0.25) is 0 Å². The van der Waals surface area contributed by atoms with Gasteiger partial charge in [0.2, 0.25) is 17.8 Å². The molecule has 3 aromatic carbocycles. The fourth-order valence-corrected chi connectivity index (χ4v) is 12.0. The Kier molecular flexibility index (Phi) is 22.9. The van der Waals surface area contributed by atoms with E-state index >= 15 is 0 Å². The number of nitrogens with zero attached hydrogens (tertiary/aromatic N) is 14. The summed E-state index contributed by atoms with van der Waals surface area (Å²) in [5.74, 6) is 0.855. The number of imidazole rings is 4. The van der Waals surface area contributed by atoms with Crippen molar-refractivity contribution < 1.29 is 42.9 Å². The number of benzene rings is 3. The molecule has 0 bridgehead atoms. The van der Waals surface area contributed by atoms with Gasteiger partial charge in [-0.2, -0.15) is 0 Å². The summed E-state index contributed by atoms with van der Waals surface area (Å²) in [4.78, 5) is 132. The fourth-order valence-electron chi connectivity index (χ4n) is 12.0. The minimum atomic E-state index is -0.621. The summed E-state index contributed by atoms with van der Waals surface area (Å²) in [5, 5.41) is 13.5. The van der Waals surface area contributed by atoms with Crippen LogP contribution in [0, 0.1) is 0 Å². The number of carbonyl (C=O) groups is 5. The van der Waals surface area contributed by atoms with Crippen molar-refractivity contribution in [1.82, 2.24) is 94.4 Å². The van der Waals surface area contributed by atoms with Crippen LogP contribution in [0.1, 0.15) is 66.0 Å². The van der Waals surface area contributed by atoms with E-state index in [-0.39, 0.29) is 60.3 Å². The van der Waals surface area contributed by atoms with Crippen LogP contribution in [-0.4, -0.2) is 186 Å². The second-order valence-corrected chi connectivity index (χ2v) is 24.7. The van der Waals surface area contributed by atoms with Crippen LogP contribution in [0.15, 0.2) is 176 Å². The Morgan fingerprint density at radius 2 is 1.19 bits per heavy atom. The first kappa shape index (κ1) is 72.9. The van der Waals surface area contributed by atoms with E-state index in [1.54, 1.807) is 104 Å². The molecule has 0 aliphatic carbocycles. The number of anilines is 3. The molecule has 0 radical (unpaired) electrons. The van der Waals surface area contributed by atoms with Crippen LogP contribution in [0.25, 0.3) is 94.9 Å². The molecule has 32 heteroatoms. The zero-order valence-electron chi connectivity index (χ0n) is 59.6. The predicted octanol–water partition coefficient (Wildman–Crippen LogP) is 10.4. The Morgan fingerprint density at radius 3 is 1.78 bits per heavy atom. The quantitative estimate of drug-likeness (QED) is 0.0396. The summed E-state index contributed by atoms with van der Waals surface area (Å²) >= 11 is 0. The van der Waals surface area contributed by atoms with E-state index in [0.29, 0.717) is 100 Å². The molecule has 15 rings (SSSR count). The van der Waals surface area contributed by atoms with Crippen LogP contribution in [-0.2, 0) is 32.5 Å². The monoisotopic (exact) mass is 1460 g/mol. The number of pyridine rings is 5. The lowest BCUT2D eigenvalue weighted by Crippen LogP contribution is -2.40. The first-order valence-electron chi connectivity index (χ1n) is 34.9. The number of urea groups is 1. The van der Waals surface area contributed by atoms with Crippen molar-refractivity contribution in [2.24, 2.45) is 7.05 Å². The maximum atomic E-state index is 12.9. The molecule has 0 spiro atoms. The van der Waals surface area contributed by atoms with Crippen LogP contribution < -0.4 is 32.1 Å². The Bertz CT molecular complexity index is 5390. The number of aromatic nitrogens is 15. The highest BCUT2D eigenvalue weighted by Crippen LogP contribution is 2.36. The second-order valence-electron chi connectivity index (χ2n) is 24.7. The Balaban J connectivity index is 0.000000143. The largest absolute Gasteiger partial charge is 0.450 e. The third-order valence-corrected chi connectivity index (χ3v) is 17.3. The molecule has 2 saturated heterocycles. The van der Waals surface area contributed by atoms with E-state index in [1.165, 1.54) is 4.57 Å². The van der Waals surface area contributed by atoms with Crippen LogP contribution in [0.4, 0.5) is 32.2 Å². The van der Waals surface area contributed by atoms with Crippen molar-refractivity contribution in [3.63, 3.8) is 0 Å². The molecule has 8 N–H and O–H groups in total. The maximum absolute atomic E-state index is 12.9. The van der Waals surface area contributed by atoms with E-state index in [2.05, 4.69) is 109 Å². The highest BCUT2D eigenvalue weighted by molar-refractivity contribution is 6.01. The van der Waals surface area contributed by atoms with Crippen LogP contribution in [0.3, 0.4) is 0 Å². The first-order chi connectivity index (χ1) is 52.6. The number of ether oxygens (including phenoxy) is 4. The van der Waals surface area contributed by atoms with Crippen molar-refractivity contribution in [3.05, 3.63) is 204 Å². The molecule has 550 valence electrons. The number of morpholine rings is 2. The number of rotatable bonds is 18. The Morgan fingerprint density at radius 1 is 0.574 bits per heavy atom. The molecule has 2 fully saturated rings. The smallest absolute Gasteiger partial charge is 0.413 e. The Labute approximate surface area is 617 Å². The van der Waals surface area contributed by atoms with Crippen LogP contribution in [0.5, 0.6) is 0 Å². The van der Waals surface area contributed by atoms with Gasteiger partial charge < -0.3 is 58.6 Å². The number of aromatic amines is 3. The molecular weight excluding hydrogens is 1380 g/mol. The highest BCUT2D eigenvalue weighted by Gasteiger charge is 2.24. The molecule has 2 aliphatic rings. The summed E-state index contributed by atoms with van der Waals surface area (Å²) in [5.41, 5.74) is 14.1. The standard InChI is InChI=1S/C26H27N7O4.C25H23N9O3.C25H26N6O3/c1-3-27-26(36)31-25-29-21-13-18(16-6-7-32(2)22(34)14-16)12-19(23(21)30-25)20-5-4-17(15-28-20)24(35)33-8-10-37-11-9-33;1-3-37-25(36)33-24-31-19-12-16(11-17(21(19)32-24)22-27-9-6-10-28-22)34-13-20(29-14-34)23(35)30-15(2)18-7-4-5-8-26-18;1-2-34-25(32)30-24-28-22-14-18(13-20(23(22)29-24)21-5-3-4-8-26-21)17-6-7-19(27-15-17)16-31-9-11-33-12-10-31/h4-7,12-15H,3,8-11H2,1-2H3,(H3,27,29,30,31,36);4-15H,3H2,1-2H3,(H,30,35)(H2,31,32,33,36);3-8,13-15H,2,9-12,16H2,1H3,(H2,28,29,30,32). The van der Waals surface area contributed by atoms with Crippen molar-refractivity contribution in [2.75, 3.05) is 88.3 Å². The number of aryl methyl sites for hydroxylation is 1. The van der Waals surface area contributed by atoms with Gasteiger partial charge in [0.1, 0.15) is 17.5 Å². The topological polar surface area (TPSA) is 392 Å². The number of nitrogens with one attached hydrogen (secondary N) is 8. The molecule has 12 heterocycles. The Hall–Kier alpha value is -13.5. The van der Waals surface area contributed by atoms with Crippen molar-refractivity contribution in [3.8, 4) is 61.8 Å². The summed E-state index contributed by atoms with van der Waals surface area (Å²) in [6, 6.07) is 34.9. The SMILES string of the molecule is CCNC(=O)Nc1nc2c(-c3ccc(C(=O)N4CCOCC4)cn3)cc(-c3ccn(C)c(=O)c3)cc2[nH]1.CCOC(=O)Nc1nc2c(-c3ccccn3)cc(-c3ccc(CN4CCOCC4)nc3)cc2[nH]1.CCOC(=O)Nc1nc2c(-c3ncccn3)cc(-n3cnc(C(=O)NC(C)c4ccccn4)c3)cc2[nH]1. The summed E-state index contributed by atoms with van der Waals surface area (Å²) in [6.45, 7) is 14.5. The van der Waals surface area contributed by atoms with Crippen molar-refractivity contribution in [1.29, 1.82) is 0 Å². The van der Waals surface area contributed by atoms with E-state index in [1.807, 2.05) is 92.8 Å². The molecule has 13 aromatic rings. The van der Waals surface area contributed by atoms with Gasteiger partial charge in [-0.3, -0.25) is 55.2 Å². The van der Waals surface area contributed by atoms with Gasteiger partial charge >= 0.3 is 18.2 Å². The molecule has 1 atom stereocenters. The first-order valence-corrected chi connectivity index (χ1v) is 34.9. The minimum Gasteiger partial charge on any atom is -0.450 e. The molecule has 1 unspecified atom stereocenters. The molecule has 32 nitrogen and oxygen atoms in total. The minimum absolute atomic E-state index is 0.0884. The molecule has 6 amide bonds. The molecule has 2 aliphatic heterocycles. The normalized spacial score (nSPS) is 13.1. The van der Waals surface area contributed by atoms with Gasteiger partial charge in [-0.05, 0) is 135 Å². The van der Waals surface area contributed by atoms with E-state index < -0.39 is 12.2 Å². The number of hydrogen-bond donors (Lipinski definition) is 8. The average Bonchev–Trinajstić information content (AvgIpc) is 1.61. The summed E-state index contributed by atoms with van der Waals surface area (Å²) in [6.07, 6.45) is 13.9. The van der Waals surface area contributed by atoms with Gasteiger partial charge in [0.25, 0.3) is 17.4 Å². The van der Waals surface area contributed by atoms with Crippen molar-refractivity contribution >= 4 is 81.0 Å². The lowest BCUT2D eigenvalue weighted by atomic mass is 10.00. The average molecular weight is 1460 g/mol. The molecule has 10 aromatic heterocycles. The number of hydrogen-bond acceptors (Lipinski definition) is 21. The van der Waals surface area contributed by atoms with Crippen LogP contribution >= 0.6 is 0 Å².